The third-order valence-electron chi connectivity index (χ3n) is 1.57. The topological polar surface area (TPSA) is 43.2 Å². The molecule has 1 unspecified atom stereocenters. The van der Waals surface area contributed by atoms with Gasteiger partial charge >= 0.3 is 0 Å². The van der Waals surface area contributed by atoms with E-state index in [9.17, 15) is 0 Å². The second kappa shape index (κ2) is 3.21. The van der Waals surface area contributed by atoms with Crippen LogP contribution in [0.4, 0.5) is 0 Å². The highest BCUT2D eigenvalue weighted by molar-refractivity contribution is 5.89. The van der Waals surface area contributed by atoms with E-state index >= 15 is 0 Å². The molecule has 0 spiro atoms. The lowest BCUT2D eigenvalue weighted by Gasteiger charge is -2.13. The molecular weight excluding hydrogens is 156 g/mol. The molecule has 1 atom stereocenters. The third kappa shape index (κ3) is 1.37. The smallest absolute Gasteiger partial charge is 0.229 e. The molecule has 4 nitrogen and oxygen atoms in total. The van der Waals surface area contributed by atoms with Crippen LogP contribution in [0.2, 0.25) is 0 Å². The van der Waals surface area contributed by atoms with Gasteiger partial charge in [0, 0.05) is 11.8 Å². The van der Waals surface area contributed by atoms with Crippen molar-refractivity contribution in [3.63, 3.8) is 0 Å². The first-order valence-corrected chi connectivity index (χ1v) is 3.61. The van der Waals surface area contributed by atoms with Gasteiger partial charge in [-0.25, -0.2) is 4.99 Å². The van der Waals surface area contributed by atoms with E-state index in [1.54, 1.807) is 18.7 Å². The first-order chi connectivity index (χ1) is 5.97. The summed E-state index contributed by atoms with van der Waals surface area (Å²) in [6, 6.07) is -0.0113. The van der Waals surface area contributed by atoms with Crippen LogP contribution in [0, 0.1) is 0 Å². The fraction of sp³-hybridized carbons (Fsp3) is 0.250. The lowest BCUT2D eigenvalue weighted by Crippen LogP contribution is -2.12. The van der Waals surface area contributed by atoms with Gasteiger partial charge in [0.2, 0.25) is 6.79 Å². The van der Waals surface area contributed by atoms with Gasteiger partial charge in [0.15, 0.2) is 0 Å². The van der Waals surface area contributed by atoms with Crippen molar-refractivity contribution in [3.8, 4) is 0 Å². The molecule has 2 heterocycles. The second-order valence-corrected chi connectivity index (χ2v) is 2.39. The van der Waals surface area contributed by atoms with Crippen LogP contribution in [-0.2, 0) is 9.47 Å². The number of rotatable bonds is 0. The number of nitrogens with zero attached hydrogens (tertiary/aromatic N) is 2. The largest absolute Gasteiger partial charge is 0.465 e. The van der Waals surface area contributed by atoms with Crippen molar-refractivity contribution in [2.45, 2.75) is 6.04 Å². The van der Waals surface area contributed by atoms with Crippen LogP contribution in [0.1, 0.15) is 0 Å². The Kier molecular flexibility index (Phi) is 1.90. The molecule has 0 saturated carbocycles. The Morgan fingerprint density at radius 2 is 2.42 bits per heavy atom. The maximum atomic E-state index is 5.04. The van der Waals surface area contributed by atoms with E-state index in [-0.39, 0.29) is 12.8 Å². The molecular formula is C8H8N2O2. The van der Waals surface area contributed by atoms with Crippen LogP contribution in [0.15, 0.2) is 34.2 Å². The van der Waals surface area contributed by atoms with Gasteiger partial charge in [0.05, 0.1) is 12.5 Å². The molecule has 0 N–H and O–H groups in total. The third-order valence-corrected chi connectivity index (χ3v) is 1.57. The van der Waals surface area contributed by atoms with Gasteiger partial charge in [-0.1, -0.05) is 0 Å². The van der Waals surface area contributed by atoms with Gasteiger partial charge in [0.1, 0.15) is 12.4 Å². The van der Waals surface area contributed by atoms with Crippen LogP contribution in [0.25, 0.3) is 0 Å². The maximum Gasteiger partial charge on any atom is 0.229 e. The summed E-state index contributed by atoms with van der Waals surface area (Å²) in [6.45, 7) is 0.240. The molecule has 0 saturated heterocycles. The number of aliphatic imine (C=N–C) groups is 2. The SMILES string of the molecule is C1=CC2N=CN=CC2=COCO1. The molecule has 0 aromatic rings. The Morgan fingerprint density at radius 1 is 1.42 bits per heavy atom. The van der Waals surface area contributed by atoms with Crippen molar-refractivity contribution in [3.05, 3.63) is 24.2 Å². The first-order valence-electron chi connectivity index (χ1n) is 3.61. The van der Waals surface area contributed by atoms with Crippen LogP contribution < -0.4 is 0 Å². The molecule has 0 fully saturated rings. The summed E-state index contributed by atoms with van der Waals surface area (Å²) >= 11 is 0. The van der Waals surface area contributed by atoms with E-state index in [0.717, 1.165) is 5.57 Å². The maximum absolute atomic E-state index is 5.04. The normalized spacial score (nSPS) is 26.0. The zero-order valence-corrected chi connectivity index (χ0v) is 6.38. The Morgan fingerprint density at radius 3 is 3.42 bits per heavy atom. The molecule has 2 aliphatic heterocycles. The molecule has 0 aliphatic carbocycles. The molecule has 0 aromatic heterocycles. The standard InChI is InChI=1S/C8H8N2O2/c1-2-11-6-12-4-7-3-9-5-10-8(1)7/h1-5,8H,6H2. The predicted molar refractivity (Wildman–Crippen MR) is 45.0 cm³/mol. The van der Waals surface area contributed by atoms with E-state index in [1.165, 1.54) is 6.34 Å². The summed E-state index contributed by atoms with van der Waals surface area (Å²) in [5, 5.41) is 0. The molecule has 4 heteroatoms. The lowest BCUT2D eigenvalue weighted by atomic mass is 10.1. The van der Waals surface area contributed by atoms with Crippen molar-refractivity contribution in [1.29, 1.82) is 0 Å². The number of ether oxygens (including phenoxy) is 2. The van der Waals surface area contributed by atoms with E-state index in [4.69, 9.17) is 9.47 Å². The Hall–Kier alpha value is -1.58. The van der Waals surface area contributed by atoms with Gasteiger partial charge in [0.25, 0.3) is 0 Å². The highest BCUT2D eigenvalue weighted by atomic mass is 16.7. The fourth-order valence-electron chi connectivity index (χ4n) is 0.992. The quantitative estimate of drug-likeness (QED) is 0.533. The highest BCUT2D eigenvalue weighted by Gasteiger charge is 2.11. The van der Waals surface area contributed by atoms with E-state index in [0.29, 0.717) is 0 Å². The van der Waals surface area contributed by atoms with Gasteiger partial charge < -0.3 is 9.47 Å². The lowest BCUT2D eigenvalue weighted by molar-refractivity contribution is 0.0423. The summed E-state index contributed by atoms with van der Waals surface area (Å²) in [5.74, 6) is 0. The summed E-state index contributed by atoms with van der Waals surface area (Å²) in [5.41, 5.74) is 0.942. The van der Waals surface area contributed by atoms with Crippen molar-refractivity contribution in [1.82, 2.24) is 0 Å². The van der Waals surface area contributed by atoms with Crippen molar-refractivity contribution < 1.29 is 9.47 Å². The minimum Gasteiger partial charge on any atom is -0.465 e. The minimum atomic E-state index is -0.0113. The molecule has 0 aromatic carbocycles. The highest BCUT2D eigenvalue weighted by Crippen LogP contribution is 2.11. The van der Waals surface area contributed by atoms with E-state index in [2.05, 4.69) is 9.98 Å². The molecule has 0 radical (unpaired) electrons. The van der Waals surface area contributed by atoms with Gasteiger partial charge in [-0.15, -0.1) is 0 Å². The molecule has 0 amide bonds. The van der Waals surface area contributed by atoms with Crippen LogP contribution >= 0.6 is 0 Å². The summed E-state index contributed by atoms with van der Waals surface area (Å²) in [6.07, 6.45) is 8.32. The van der Waals surface area contributed by atoms with Gasteiger partial charge in [-0.3, -0.25) is 4.99 Å². The second-order valence-electron chi connectivity index (χ2n) is 2.39. The van der Waals surface area contributed by atoms with Gasteiger partial charge in [-0.2, -0.15) is 0 Å². The summed E-state index contributed by atoms with van der Waals surface area (Å²) in [4.78, 5) is 8.01. The number of hydrogen-bond donors (Lipinski definition) is 0. The predicted octanol–water partition coefficient (Wildman–Crippen LogP) is 0.870. The number of hydrogen-bond acceptors (Lipinski definition) is 4. The summed E-state index contributed by atoms with van der Waals surface area (Å²) in [7, 11) is 0. The molecule has 0 bridgehead atoms. The summed E-state index contributed by atoms with van der Waals surface area (Å²) < 4.78 is 10.0. The molecule has 62 valence electrons. The van der Waals surface area contributed by atoms with Crippen LogP contribution in [-0.4, -0.2) is 25.4 Å². The van der Waals surface area contributed by atoms with Crippen LogP contribution in [0.3, 0.4) is 0 Å². The van der Waals surface area contributed by atoms with E-state index < -0.39 is 0 Å². The average Bonchev–Trinajstić information content (AvgIpc) is 2.06. The first kappa shape index (κ1) is 7.09. The molecule has 12 heavy (non-hydrogen) atoms. The Labute approximate surface area is 69.9 Å². The average molecular weight is 164 g/mol. The van der Waals surface area contributed by atoms with Crippen molar-refractivity contribution in [2.75, 3.05) is 6.79 Å². The number of fused-ring (bicyclic) bond motifs is 1. The Balaban J connectivity index is 2.24. The van der Waals surface area contributed by atoms with Crippen molar-refractivity contribution >= 4 is 12.6 Å². The van der Waals surface area contributed by atoms with Crippen LogP contribution in [0.5, 0.6) is 0 Å². The van der Waals surface area contributed by atoms with Gasteiger partial charge in [-0.05, 0) is 6.08 Å². The Bertz CT molecular complexity index is 279. The van der Waals surface area contributed by atoms with Crippen molar-refractivity contribution in [2.24, 2.45) is 9.98 Å². The minimum absolute atomic E-state index is 0.0113. The molecule has 2 aliphatic rings. The zero-order chi connectivity index (χ0) is 8.23. The monoisotopic (exact) mass is 164 g/mol. The molecule has 2 rings (SSSR count). The fourth-order valence-corrected chi connectivity index (χ4v) is 0.992. The zero-order valence-electron chi connectivity index (χ0n) is 6.38. The van der Waals surface area contributed by atoms with E-state index in [1.807, 2.05) is 6.08 Å².